The number of fused-ring (bicyclic) bond motifs is 6. The van der Waals surface area contributed by atoms with Crippen LogP contribution in [0, 0.1) is 39.5 Å². The molecule has 0 unspecified atom stereocenters. The SMILES string of the molecule is [2H]C([2H])([2H])c1c[c-]c(-c2ccc(C([2H])([2H])[2H])cn2)cc1.[2H]C([2H])([2H])c1ccc(-c2ccnc(-c3[c-]ccc4c3oc3cc5c(ccc6ccccc65)cc34)c2)c(C([2H])([2H])[2H])c1.[Ir]. The van der Waals surface area contributed by atoms with Crippen LogP contribution in [0.15, 0.2) is 138 Å². The van der Waals surface area contributed by atoms with Crippen LogP contribution >= 0.6 is 0 Å². The number of aryl methyl sites for hydroxylation is 4. The average molecular weight is 835 g/mol. The molecule has 9 aromatic rings. The maximum Gasteiger partial charge on any atom is 0.121 e. The Morgan fingerprint density at radius 2 is 1.48 bits per heavy atom. The molecule has 0 N–H and O–H groups in total. The van der Waals surface area contributed by atoms with E-state index in [1.54, 1.807) is 36.5 Å². The van der Waals surface area contributed by atoms with Gasteiger partial charge in [-0.15, -0.1) is 53.6 Å². The first-order chi connectivity index (χ1) is 28.8. The van der Waals surface area contributed by atoms with Gasteiger partial charge >= 0.3 is 0 Å². The minimum absolute atomic E-state index is 0. The number of furan rings is 1. The molecule has 1 radical (unpaired) electrons. The van der Waals surface area contributed by atoms with Gasteiger partial charge in [0.05, 0.1) is 5.58 Å². The van der Waals surface area contributed by atoms with Gasteiger partial charge < -0.3 is 14.4 Å². The van der Waals surface area contributed by atoms with Crippen molar-refractivity contribution in [2.24, 2.45) is 0 Å². The van der Waals surface area contributed by atoms with Gasteiger partial charge in [0, 0.05) is 54.3 Å². The van der Waals surface area contributed by atoms with E-state index in [2.05, 4.69) is 58.5 Å². The van der Waals surface area contributed by atoms with E-state index in [0.717, 1.165) is 37.9 Å². The predicted octanol–water partition coefficient (Wildman–Crippen LogP) is 12.2. The van der Waals surface area contributed by atoms with E-state index in [1.807, 2.05) is 24.3 Å². The summed E-state index contributed by atoms with van der Waals surface area (Å²) in [7, 11) is 0. The van der Waals surface area contributed by atoms with Crippen molar-refractivity contribution in [1.82, 2.24) is 9.97 Å². The van der Waals surface area contributed by atoms with Gasteiger partial charge in [-0.05, 0) is 93.9 Å². The second-order valence-electron chi connectivity index (χ2n) is 11.7. The van der Waals surface area contributed by atoms with Crippen molar-refractivity contribution in [2.45, 2.75) is 27.4 Å². The summed E-state index contributed by atoms with van der Waals surface area (Å²) in [6.45, 7) is -9.25. The molecule has 3 heterocycles. The van der Waals surface area contributed by atoms with Gasteiger partial charge in [-0.2, -0.15) is 0 Å². The normalized spacial score (nSPS) is 15.6. The predicted molar refractivity (Wildman–Crippen MR) is 204 cm³/mol. The van der Waals surface area contributed by atoms with Crippen molar-refractivity contribution in [2.75, 3.05) is 0 Å². The molecule has 0 saturated heterocycles. The number of nitrogens with zero attached hydrogens (tertiary/aromatic N) is 2. The van der Waals surface area contributed by atoms with Crippen molar-refractivity contribution in [3.8, 4) is 33.6 Å². The molecule has 0 aliphatic carbocycles. The number of hydrogen-bond donors (Lipinski definition) is 0. The van der Waals surface area contributed by atoms with Crippen LogP contribution in [0.2, 0.25) is 0 Å². The average Bonchev–Trinajstić information content (AvgIpc) is 3.59. The van der Waals surface area contributed by atoms with E-state index in [1.165, 1.54) is 36.5 Å². The molecule has 3 aromatic heterocycles. The molecule has 0 fully saturated rings. The van der Waals surface area contributed by atoms with Crippen LogP contribution in [-0.4, -0.2) is 9.97 Å². The second-order valence-corrected chi connectivity index (χ2v) is 11.7. The Balaban J connectivity index is 0.000000233. The zero-order chi connectivity index (χ0) is 43.5. The standard InChI is InChI=1S/C33H22NO.C13H12N.Ir/c1-20-10-13-25(21(2)16-20)24-14-15-34-31(18-24)28-9-5-8-27-30-17-23-12-11-22-6-3-4-7-26(22)29(23)19-32(30)35-33(27)28;1-10-3-6-12(7-4-10)13-8-5-11(2)9-14-13;/h3-8,10-19H,1-2H3;3-6,8-9H,1-2H3;/q2*-1;/i2*1D3,2D3;. The van der Waals surface area contributed by atoms with E-state index in [9.17, 15) is 0 Å². The summed E-state index contributed by atoms with van der Waals surface area (Å²) in [5.74, 6) is 0. The third kappa shape index (κ3) is 6.36. The molecule has 0 aliphatic heterocycles. The maximum absolute atomic E-state index is 8.08. The quantitative estimate of drug-likeness (QED) is 0.131. The number of pyridine rings is 2. The number of benzene rings is 6. The largest absolute Gasteiger partial charge is 0.501 e. The van der Waals surface area contributed by atoms with E-state index in [4.69, 9.17) is 20.9 Å². The minimum atomic E-state index is -2.50. The Hall–Kier alpha value is -5.41. The van der Waals surface area contributed by atoms with Gasteiger partial charge in [-0.25, -0.2) is 0 Å². The fraction of sp³-hybridized carbons (Fsp3) is 0.0870. The van der Waals surface area contributed by atoms with E-state index in [-0.39, 0.29) is 42.4 Å². The van der Waals surface area contributed by atoms with Gasteiger partial charge in [0.2, 0.25) is 0 Å². The first kappa shape index (κ1) is 21.6. The summed E-state index contributed by atoms with van der Waals surface area (Å²) in [6, 6.07) is 42.0. The van der Waals surface area contributed by atoms with Crippen LogP contribution in [0.3, 0.4) is 0 Å². The molecule has 0 amide bonds. The van der Waals surface area contributed by atoms with E-state index in [0.29, 0.717) is 39.2 Å². The zero-order valence-corrected chi connectivity index (χ0v) is 28.7. The molecule has 245 valence electrons. The molecular weight excluding hydrogens is 789 g/mol. The second kappa shape index (κ2) is 13.8. The summed E-state index contributed by atoms with van der Waals surface area (Å²) in [4.78, 5) is 8.65. The molecule has 6 aromatic carbocycles. The molecule has 0 atom stereocenters. The third-order valence-electron chi connectivity index (χ3n) is 8.50. The fourth-order valence-corrected chi connectivity index (χ4v) is 6.10. The first-order valence-corrected chi connectivity index (χ1v) is 15.6. The molecule has 0 spiro atoms. The van der Waals surface area contributed by atoms with Crippen molar-refractivity contribution < 1.29 is 41.0 Å². The topological polar surface area (TPSA) is 38.9 Å². The van der Waals surface area contributed by atoms with Crippen LogP contribution in [0.1, 0.15) is 38.7 Å². The summed E-state index contributed by atoms with van der Waals surface area (Å²) < 4.78 is 97.5. The van der Waals surface area contributed by atoms with E-state index < -0.39 is 27.4 Å². The Bertz CT molecular complexity index is 3020. The van der Waals surface area contributed by atoms with Gasteiger partial charge in [-0.1, -0.05) is 96.2 Å². The fourth-order valence-electron chi connectivity index (χ4n) is 6.10. The first-order valence-electron chi connectivity index (χ1n) is 21.6. The van der Waals surface area contributed by atoms with Gasteiger partial charge in [-0.3, -0.25) is 0 Å². The summed E-state index contributed by atoms with van der Waals surface area (Å²) in [6.07, 6.45) is 2.91. The smallest absolute Gasteiger partial charge is 0.121 e. The van der Waals surface area contributed by atoms with Crippen molar-refractivity contribution >= 4 is 43.5 Å². The zero-order valence-electron chi connectivity index (χ0n) is 38.3. The van der Waals surface area contributed by atoms with E-state index >= 15 is 0 Å². The Morgan fingerprint density at radius 1 is 0.620 bits per heavy atom. The molecule has 3 nitrogen and oxygen atoms in total. The van der Waals surface area contributed by atoms with Crippen LogP contribution < -0.4 is 0 Å². The Kier molecular flexibility index (Phi) is 5.99. The third-order valence-corrected chi connectivity index (χ3v) is 8.50. The number of aromatic nitrogens is 2. The maximum atomic E-state index is 8.08. The summed E-state index contributed by atoms with van der Waals surface area (Å²) >= 11 is 0. The molecular formula is C46H34IrN2O-2. The van der Waals surface area contributed by atoms with Crippen molar-refractivity contribution in [1.29, 1.82) is 0 Å². The van der Waals surface area contributed by atoms with Crippen LogP contribution in [0.5, 0.6) is 0 Å². The van der Waals surface area contributed by atoms with Crippen molar-refractivity contribution in [3.05, 3.63) is 168 Å². The monoisotopic (exact) mass is 835 g/mol. The molecule has 0 saturated carbocycles. The Labute approximate surface area is 322 Å². The molecule has 0 aliphatic rings. The molecule has 9 rings (SSSR count). The molecule has 0 bridgehead atoms. The van der Waals surface area contributed by atoms with Gasteiger partial charge in [0.15, 0.2) is 0 Å². The van der Waals surface area contributed by atoms with Crippen molar-refractivity contribution in [3.63, 3.8) is 0 Å². The van der Waals surface area contributed by atoms with Crippen LogP contribution in [-0.2, 0) is 20.1 Å². The van der Waals surface area contributed by atoms with Crippen LogP contribution in [0.25, 0.3) is 77.1 Å². The molecule has 4 heteroatoms. The number of hydrogen-bond acceptors (Lipinski definition) is 3. The molecule has 50 heavy (non-hydrogen) atoms. The summed E-state index contributed by atoms with van der Waals surface area (Å²) in [5, 5.41) is 6.46. The number of rotatable bonds is 3. The van der Waals surface area contributed by atoms with Gasteiger partial charge in [0.1, 0.15) is 5.58 Å². The van der Waals surface area contributed by atoms with Crippen LogP contribution in [0.4, 0.5) is 0 Å². The minimum Gasteiger partial charge on any atom is -0.501 e. The van der Waals surface area contributed by atoms with Gasteiger partial charge in [0.25, 0.3) is 0 Å². The summed E-state index contributed by atoms with van der Waals surface area (Å²) in [5.41, 5.74) is 5.17. The Morgan fingerprint density at radius 3 is 2.30 bits per heavy atom.